The van der Waals surface area contributed by atoms with Crippen molar-refractivity contribution in [3.63, 3.8) is 0 Å². The van der Waals surface area contributed by atoms with Gasteiger partial charge >= 0.3 is 6.61 Å². The van der Waals surface area contributed by atoms with Crippen molar-refractivity contribution in [2.45, 2.75) is 69.8 Å². The van der Waals surface area contributed by atoms with E-state index in [4.69, 9.17) is 10.8 Å². The number of halogens is 2. The molecule has 2 saturated carbocycles. The van der Waals surface area contributed by atoms with E-state index in [-0.39, 0.29) is 17.6 Å². The Morgan fingerprint density at radius 1 is 1.06 bits per heavy atom. The number of likely N-dealkylation sites (N-methyl/N-ethyl adjacent to an activating group) is 1. The molecule has 6 rings (SSSR count). The van der Waals surface area contributed by atoms with Crippen LogP contribution >= 0.6 is 0 Å². The van der Waals surface area contributed by atoms with E-state index in [1.54, 1.807) is 6.20 Å². The molecule has 2 aromatic rings. The van der Waals surface area contributed by atoms with Gasteiger partial charge in [-0.2, -0.15) is 13.9 Å². The monoisotopic (exact) mass is 458 g/mol. The lowest BCUT2D eigenvalue weighted by Gasteiger charge is -2.37. The van der Waals surface area contributed by atoms with Gasteiger partial charge in [-0.1, -0.05) is 0 Å². The molecule has 2 N–H and O–H groups in total. The number of nitrogen functional groups attached to an aromatic ring is 1. The van der Waals surface area contributed by atoms with Crippen LogP contribution in [-0.2, 0) is 0 Å². The number of nitrogens with two attached hydrogens (primary N) is 1. The Balaban J connectivity index is 1.20. The summed E-state index contributed by atoms with van der Waals surface area (Å²) in [5.41, 5.74) is 8.34. The van der Waals surface area contributed by atoms with Gasteiger partial charge in [0.05, 0.1) is 5.69 Å². The first-order chi connectivity index (χ1) is 15.8. The molecule has 0 spiro atoms. The van der Waals surface area contributed by atoms with Crippen molar-refractivity contribution in [3.05, 3.63) is 24.0 Å². The van der Waals surface area contributed by atoms with E-state index in [2.05, 4.69) is 51.2 Å². The predicted molar refractivity (Wildman–Crippen MR) is 121 cm³/mol. The zero-order valence-electron chi connectivity index (χ0n) is 19.4. The van der Waals surface area contributed by atoms with Crippen LogP contribution in [-0.4, -0.2) is 69.4 Å². The summed E-state index contributed by atoms with van der Waals surface area (Å²) in [6, 6.07) is 6.06. The van der Waals surface area contributed by atoms with E-state index in [9.17, 15) is 8.78 Å². The Labute approximate surface area is 192 Å². The van der Waals surface area contributed by atoms with Crippen LogP contribution in [0.3, 0.4) is 0 Å². The van der Waals surface area contributed by atoms with E-state index >= 15 is 0 Å². The van der Waals surface area contributed by atoms with E-state index in [0.717, 1.165) is 35.7 Å². The molecular weight excluding hydrogens is 426 g/mol. The van der Waals surface area contributed by atoms with Gasteiger partial charge in [-0.15, -0.1) is 0 Å². The number of pyridine rings is 1. The average molecular weight is 459 g/mol. The topological polar surface area (TPSA) is 72.4 Å². The van der Waals surface area contributed by atoms with Crippen LogP contribution in [0.2, 0.25) is 0 Å². The minimum atomic E-state index is -2.95. The molecule has 2 saturated heterocycles. The van der Waals surface area contributed by atoms with Crippen LogP contribution in [0.5, 0.6) is 5.75 Å². The van der Waals surface area contributed by atoms with Crippen molar-refractivity contribution in [1.29, 1.82) is 0 Å². The lowest BCUT2D eigenvalue weighted by Crippen LogP contribution is -2.48. The molecule has 0 radical (unpaired) electrons. The van der Waals surface area contributed by atoms with Gasteiger partial charge in [0.25, 0.3) is 0 Å². The molecule has 0 aromatic carbocycles. The van der Waals surface area contributed by atoms with Crippen molar-refractivity contribution in [3.8, 4) is 17.0 Å². The van der Waals surface area contributed by atoms with Crippen LogP contribution in [0.1, 0.15) is 50.8 Å². The van der Waals surface area contributed by atoms with Crippen molar-refractivity contribution in [2.24, 2.45) is 11.8 Å². The van der Waals surface area contributed by atoms with E-state index in [1.807, 2.05) is 0 Å². The van der Waals surface area contributed by atoms with Crippen LogP contribution in [0, 0.1) is 11.8 Å². The number of hydrogen-bond acceptors (Lipinski definition) is 6. The number of ether oxygens (including phenoxy) is 1. The molecule has 2 aliphatic carbocycles. The first kappa shape index (κ1) is 21.3. The first-order valence-electron chi connectivity index (χ1n) is 12.1. The first-order valence-corrected chi connectivity index (χ1v) is 12.1. The molecule has 33 heavy (non-hydrogen) atoms. The van der Waals surface area contributed by atoms with Gasteiger partial charge in [0, 0.05) is 60.6 Å². The molecular formula is C24H32F2N6O. The predicted octanol–water partition coefficient (Wildman–Crippen LogP) is 3.59. The zero-order chi connectivity index (χ0) is 23.0. The summed E-state index contributed by atoms with van der Waals surface area (Å²) in [5, 5.41) is 4.83. The number of hydrogen-bond donors (Lipinski definition) is 1. The second-order valence-corrected chi connectivity index (χ2v) is 10.6. The van der Waals surface area contributed by atoms with E-state index in [1.165, 1.54) is 44.1 Å². The smallest absolute Gasteiger partial charge is 0.387 e. The van der Waals surface area contributed by atoms with Crippen LogP contribution < -0.4 is 10.5 Å². The van der Waals surface area contributed by atoms with Crippen LogP contribution in [0.15, 0.2) is 18.3 Å². The van der Waals surface area contributed by atoms with Gasteiger partial charge in [-0.05, 0) is 64.1 Å². The molecule has 6 atom stereocenters. The van der Waals surface area contributed by atoms with E-state index < -0.39 is 6.61 Å². The molecule has 178 valence electrons. The third-order valence-electron chi connectivity index (χ3n) is 8.43. The standard InChI is InChI=1S/C24H32F2N6O/c1-12(2)32-20(8-19(29-32)13-4-21(33-24(25)26)23(27)28-9-13)22-17-6-14(7-18(17)22)31-11-15-5-16(31)10-30(15)3/h4,8-9,12,14-18,22,24H,5-7,10-11H2,1-3H3,(H2,27,28)/t14?,15-,16?,17-,18+,22?/m0/s1. The summed E-state index contributed by atoms with van der Waals surface area (Å²) in [5.74, 6) is 1.81. The molecule has 4 heterocycles. The highest BCUT2D eigenvalue weighted by Crippen LogP contribution is 2.64. The Morgan fingerprint density at radius 3 is 2.42 bits per heavy atom. The molecule has 3 unspecified atom stereocenters. The number of anilines is 1. The Kier molecular flexibility index (Phi) is 4.92. The second-order valence-electron chi connectivity index (χ2n) is 10.6. The quantitative estimate of drug-likeness (QED) is 0.713. The summed E-state index contributed by atoms with van der Waals surface area (Å²) >= 11 is 0. The lowest BCUT2D eigenvalue weighted by molar-refractivity contribution is -0.0494. The normalized spacial score (nSPS) is 33.4. The van der Waals surface area contributed by atoms with Crippen LogP contribution in [0.25, 0.3) is 11.3 Å². The third kappa shape index (κ3) is 3.51. The summed E-state index contributed by atoms with van der Waals surface area (Å²) in [7, 11) is 2.26. The molecule has 4 fully saturated rings. The van der Waals surface area contributed by atoms with Crippen molar-refractivity contribution < 1.29 is 13.5 Å². The van der Waals surface area contributed by atoms with Gasteiger partial charge in [0.2, 0.25) is 0 Å². The van der Waals surface area contributed by atoms with Gasteiger partial charge < -0.3 is 15.4 Å². The van der Waals surface area contributed by atoms with E-state index in [0.29, 0.717) is 11.5 Å². The van der Waals surface area contributed by atoms with Gasteiger partial charge in [0.15, 0.2) is 11.6 Å². The number of aromatic nitrogens is 3. The third-order valence-corrected chi connectivity index (χ3v) is 8.43. The highest BCUT2D eigenvalue weighted by molar-refractivity contribution is 5.64. The fraction of sp³-hybridized carbons (Fsp3) is 0.667. The highest BCUT2D eigenvalue weighted by atomic mass is 19.3. The van der Waals surface area contributed by atoms with Crippen molar-refractivity contribution in [1.82, 2.24) is 24.6 Å². The maximum atomic E-state index is 12.7. The summed E-state index contributed by atoms with van der Waals surface area (Å²) in [6.07, 6.45) is 5.46. The fourth-order valence-electron chi connectivity index (χ4n) is 6.86. The number of rotatable bonds is 6. The molecule has 2 aliphatic heterocycles. The molecule has 9 heteroatoms. The SMILES string of the molecule is CC(C)n1nc(-c2cnc(N)c(OC(F)F)c2)cc1C1[C@H]2CC(N3C[C@@H]4CC3CN4C)C[C@@H]12. The molecule has 4 aliphatic rings. The van der Waals surface area contributed by atoms with Crippen molar-refractivity contribution >= 4 is 5.82 Å². The maximum Gasteiger partial charge on any atom is 0.387 e. The molecule has 2 bridgehead atoms. The number of likely N-dealkylation sites (tertiary alicyclic amines) is 2. The van der Waals surface area contributed by atoms with Gasteiger partial charge in [0.1, 0.15) is 0 Å². The van der Waals surface area contributed by atoms with Crippen molar-refractivity contribution in [2.75, 3.05) is 25.9 Å². The summed E-state index contributed by atoms with van der Waals surface area (Å²) in [4.78, 5) is 9.36. The number of fused-ring (bicyclic) bond motifs is 3. The summed E-state index contributed by atoms with van der Waals surface area (Å²) < 4.78 is 32.1. The number of nitrogens with zero attached hydrogens (tertiary/aromatic N) is 5. The number of piperazine rings is 1. The number of alkyl halides is 2. The largest absolute Gasteiger partial charge is 0.431 e. The second kappa shape index (κ2) is 7.63. The Bertz CT molecular complexity index is 1040. The highest BCUT2D eigenvalue weighted by Gasteiger charge is 2.60. The Morgan fingerprint density at radius 2 is 1.82 bits per heavy atom. The van der Waals surface area contributed by atoms with Crippen LogP contribution in [0.4, 0.5) is 14.6 Å². The maximum absolute atomic E-state index is 12.7. The van der Waals surface area contributed by atoms with Gasteiger partial charge in [-0.25, -0.2) is 4.98 Å². The minimum absolute atomic E-state index is 0.0489. The average Bonchev–Trinajstić information content (AvgIpc) is 3.29. The Hall–Kier alpha value is -2.26. The molecule has 7 nitrogen and oxygen atoms in total. The minimum Gasteiger partial charge on any atom is -0.431 e. The lowest BCUT2D eigenvalue weighted by atomic mass is 10.0. The van der Waals surface area contributed by atoms with Gasteiger partial charge in [-0.3, -0.25) is 9.58 Å². The zero-order valence-corrected chi connectivity index (χ0v) is 19.4. The molecule has 2 aromatic heterocycles. The summed E-state index contributed by atoms with van der Waals surface area (Å²) in [6.45, 7) is 3.77. The molecule has 0 amide bonds. The fourth-order valence-corrected chi connectivity index (χ4v) is 6.86.